The maximum atomic E-state index is 2.85. The Morgan fingerprint density at radius 2 is 0.400 bits per heavy atom. The van der Waals surface area contributed by atoms with Crippen molar-refractivity contribution in [2.24, 2.45) is 0 Å². The molecule has 3 fully saturated rings. The molecule has 6 heteroatoms. The predicted octanol–water partition coefficient (Wildman–Crippen LogP) is 5.40. The van der Waals surface area contributed by atoms with Gasteiger partial charge in [0.25, 0.3) is 0 Å². The fourth-order valence-corrected chi connectivity index (χ4v) is 156. The Kier molecular flexibility index (Phi) is 3.56. The van der Waals surface area contributed by atoms with E-state index in [4.69, 9.17) is 0 Å². The molecular formula is C14H38Si6. The van der Waals surface area contributed by atoms with Crippen molar-refractivity contribution < 1.29 is 0 Å². The average Bonchev–Trinajstić information content (AvgIpc) is 2.09. The molecule has 118 valence electrons. The van der Waals surface area contributed by atoms with Crippen LogP contribution in [0, 0.1) is 0 Å². The van der Waals surface area contributed by atoms with Gasteiger partial charge in [0.15, 0.2) is 0 Å². The van der Waals surface area contributed by atoms with Gasteiger partial charge in [-0.05, 0) is 0 Å². The van der Waals surface area contributed by atoms with Gasteiger partial charge in [-0.15, -0.1) is 0 Å². The molecule has 3 heterocycles. The zero-order chi connectivity index (χ0) is 16.2. The lowest BCUT2D eigenvalue weighted by molar-refractivity contribution is 1.26. The van der Waals surface area contributed by atoms with Gasteiger partial charge in [0.05, 0.1) is 0 Å². The standard InChI is InChI=1S/C14H38Si6/c1-15(2)13-17(5,6)19(9,10)14(16(15,3)4)20(11,12)18(13,7)8/h13-14H,1-12H3. The molecule has 0 radical (unpaired) electrons. The molecule has 0 aliphatic carbocycles. The SMILES string of the molecule is C[Si]1(C)C2[Si](C)(C)[Si](C)(C)C([Si]1(C)C)[Si](C)(C)[Si]2(C)C. The average molecular weight is 375 g/mol. The Morgan fingerprint density at radius 1 is 0.300 bits per heavy atom. The Hall–Kier alpha value is 1.30. The van der Waals surface area contributed by atoms with Crippen molar-refractivity contribution in [1.82, 2.24) is 0 Å². The first kappa shape index (κ1) is 17.7. The van der Waals surface area contributed by atoms with E-state index in [0.717, 1.165) is 0 Å². The Balaban J connectivity index is 2.87. The van der Waals surface area contributed by atoms with Crippen LogP contribution >= 0.6 is 0 Å². The first-order valence-electron chi connectivity index (χ1n) is 8.48. The van der Waals surface area contributed by atoms with Crippen LogP contribution in [0.15, 0.2) is 0 Å². The molecule has 3 saturated heterocycles. The molecule has 2 bridgehead atoms. The van der Waals surface area contributed by atoms with Crippen LogP contribution in [0.1, 0.15) is 0 Å². The summed E-state index contributed by atoms with van der Waals surface area (Å²) in [5, 5.41) is 0. The molecule has 3 aliphatic heterocycles. The molecule has 0 saturated carbocycles. The second kappa shape index (κ2) is 4.03. The van der Waals surface area contributed by atoms with E-state index in [-0.39, 0.29) is 0 Å². The van der Waals surface area contributed by atoms with Crippen LogP contribution < -0.4 is 0 Å². The fourth-order valence-electron chi connectivity index (χ4n) is 7.64. The van der Waals surface area contributed by atoms with E-state index >= 15 is 0 Å². The lowest BCUT2D eigenvalue weighted by atomic mass is 11.7. The van der Waals surface area contributed by atoms with E-state index in [2.05, 4.69) is 78.6 Å². The zero-order valence-corrected chi connectivity index (χ0v) is 22.2. The van der Waals surface area contributed by atoms with E-state index < -0.39 is 45.5 Å². The molecule has 20 heavy (non-hydrogen) atoms. The van der Waals surface area contributed by atoms with Crippen molar-refractivity contribution in [3.8, 4) is 0 Å². The quantitative estimate of drug-likeness (QED) is 0.498. The van der Waals surface area contributed by atoms with Crippen LogP contribution in [0.2, 0.25) is 88.1 Å². The molecule has 0 N–H and O–H groups in total. The molecule has 0 amide bonds. The van der Waals surface area contributed by atoms with Gasteiger partial charge in [0, 0.05) is 45.5 Å². The summed E-state index contributed by atoms with van der Waals surface area (Å²) >= 11 is 0. The molecular weight excluding hydrogens is 337 g/mol. The summed E-state index contributed by atoms with van der Waals surface area (Å²) in [6.45, 7) is 34.3. The minimum atomic E-state index is -1.01. The maximum Gasteiger partial charge on any atom is 0.0385 e. The third-order valence-electron chi connectivity index (χ3n) is 9.31. The highest BCUT2D eigenvalue weighted by Gasteiger charge is 2.80. The van der Waals surface area contributed by atoms with E-state index in [1.807, 2.05) is 0 Å². The number of rotatable bonds is 0. The van der Waals surface area contributed by atoms with E-state index in [0.29, 0.717) is 0 Å². The van der Waals surface area contributed by atoms with Crippen LogP contribution in [0.5, 0.6) is 0 Å². The summed E-state index contributed by atoms with van der Waals surface area (Å²) in [4.78, 5) is 2.66. The molecule has 0 aromatic heterocycles. The second-order valence-electron chi connectivity index (χ2n) is 11.2. The van der Waals surface area contributed by atoms with Gasteiger partial charge in [0.1, 0.15) is 0 Å². The van der Waals surface area contributed by atoms with Gasteiger partial charge in [0.2, 0.25) is 0 Å². The third-order valence-corrected chi connectivity index (χ3v) is 99.4. The van der Waals surface area contributed by atoms with E-state index in [1.165, 1.54) is 9.58 Å². The number of hydrogen-bond donors (Lipinski definition) is 0. The fraction of sp³-hybridized carbons (Fsp3) is 1.00. The minimum Gasteiger partial charge on any atom is -0.0715 e. The van der Waals surface area contributed by atoms with Gasteiger partial charge in [-0.2, -0.15) is 0 Å². The third kappa shape index (κ3) is 1.56. The zero-order valence-electron chi connectivity index (χ0n) is 16.2. The minimum absolute atomic E-state index is 1.01. The van der Waals surface area contributed by atoms with Gasteiger partial charge >= 0.3 is 0 Å². The van der Waals surface area contributed by atoms with Crippen molar-refractivity contribution in [2.45, 2.75) is 88.1 Å². The van der Waals surface area contributed by atoms with Gasteiger partial charge in [-0.25, -0.2) is 0 Å². The Labute approximate surface area is 133 Å². The molecule has 0 atom stereocenters. The topological polar surface area (TPSA) is 0 Å². The molecule has 0 aromatic carbocycles. The first-order valence-corrected chi connectivity index (χ1v) is 29.9. The molecule has 3 aliphatic rings. The maximum absolute atomic E-state index is 2.85. The molecule has 0 aromatic rings. The summed E-state index contributed by atoms with van der Waals surface area (Å²) in [6, 6.07) is 0. The molecule has 0 unspecified atom stereocenters. The van der Waals surface area contributed by atoms with Crippen molar-refractivity contribution in [3.05, 3.63) is 0 Å². The lowest BCUT2D eigenvalue weighted by Gasteiger charge is -2.79. The number of fused-ring (bicyclic) bond motifs is 3. The van der Waals surface area contributed by atoms with Gasteiger partial charge < -0.3 is 0 Å². The number of hydrogen-bond acceptors (Lipinski definition) is 0. The van der Waals surface area contributed by atoms with Crippen LogP contribution in [0.25, 0.3) is 0 Å². The monoisotopic (exact) mass is 374 g/mol. The molecule has 3 rings (SSSR count). The first-order chi connectivity index (χ1) is 8.48. The lowest BCUT2D eigenvalue weighted by Crippen LogP contribution is -2.96. The summed E-state index contributed by atoms with van der Waals surface area (Å²) < 4.78 is 0. The van der Waals surface area contributed by atoms with Crippen LogP contribution in [-0.2, 0) is 0 Å². The van der Waals surface area contributed by atoms with Crippen LogP contribution in [-0.4, -0.2) is 45.5 Å². The summed E-state index contributed by atoms with van der Waals surface area (Å²) in [5.41, 5.74) is 0. The van der Waals surface area contributed by atoms with Crippen molar-refractivity contribution in [2.75, 3.05) is 0 Å². The Morgan fingerprint density at radius 3 is 0.500 bits per heavy atom. The largest absolute Gasteiger partial charge is 0.0715 e. The van der Waals surface area contributed by atoms with Crippen molar-refractivity contribution in [3.63, 3.8) is 0 Å². The van der Waals surface area contributed by atoms with Crippen LogP contribution in [0.3, 0.4) is 0 Å². The normalized spacial score (nSPS) is 41.4. The van der Waals surface area contributed by atoms with Crippen LogP contribution in [0.4, 0.5) is 0 Å². The van der Waals surface area contributed by atoms with Crippen molar-refractivity contribution >= 4 is 45.5 Å². The highest BCUT2D eigenvalue weighted by molar-refractivity contribution is 7.75. The molecule has 0 nitrogen and oxygen atoms in total. The van der Waals surface area contributed by atoms with Crippen molar-refractivity contribution in [1.29, 1.82) is 0 Å². The van der Waals surface area contributed by atoms with Gasteiger partial charge in [-0.1, -0.05) is 88.1 Å². The van der Waals surface area contributed by atoms with Gasteiger partial charge in [-0.3, -0.25) is 0 Å². The highest BCUT2D eigenvalue weighted by atomic mass is 29.4. The molecule has 0 spiro atoms. The second-order valence-corrected chi connectivity index (χ2v) is 62.0. The smallest absolute Gasteiger partial charge is 0.0385 e. The van der Waals surface area contributed by atoms with E-state index in [1.54, 1.807) is 0 Å². The Bertz CT molecular complexity index is 338. The summed E-state index contributed by atoms with van der Waals surface area (Å²) in [5.74, 6) is 0. The summed E-state index contributed by atoms with van der Waals surface area (Å²) in [6.07, 6.45) is 0. The predicted molar refractivity (Wildman–Crippen MR) is 112 cm³/mol. The summed E-state index contributed by atoms with van der Waals surface area (Å²) in [7, 11) is -6.09. The van der Waals surface area contributed by atoms with E-state index in [9.17, 15) is 0 Å². The highest BCUT2D eigenvalue weighted by Crippen LogP contribution is 2.67.